The number of nitrogens with zero attached hydrogens (tertiary/aromatic N) is 2. The van der Waals surface area contributed by atoms with E-state index in [1.54, 1.807) is 7.05 Å². The van der Waals surface area contributed by atoms with Crippen LogP contribution in [0.25, 0.3) is 0 Å². The van der Waals surface area contributed by atoms with Gasteiger partial charge >= 0.3 is 0 Å². The van der Waals surface area contributed by atoms with Crippen molar-refractivity contribution in [2.75, 3.05) is 39.8 Å². The van der Waals surface area contributed by atoms with Crippen LogP contribution in [-0.2, 0) is 11.3 Å². The fourth-order valence-electron chi connectivity index (χ4n) is 2.83. The molecule has 1 heterocycles. The van der Waals surface area contributed by atoms with E-state index < -0.39 is 0 Å². The number of rotatable bonds is 6. The average molecular weight is 319 g/mol. The number of hydrogen-bond donors (Lipinski definition) is 1. The van der Waals surface area contributed by atoms with E-state index in [4.69, 9.17) is 0 Å². The molecule has 4 heteroatoms. The van der Waals surface area contributed by atoms with Gasteiger partial charge in [-0.3, -0.25) is 9.69 Å². The van der Waals surface area contributed by atoms with Gasteiger partial charge in [-0.15, -0.1) is 0 Å². The number of hydrogen-bond acceptors (Lipinski definition) is 3. The van der Waals surface area contributed by atoms with Gasteiger partial charge in [0.15, 0.2) is 0 Å². The molecule has 0 atom stereocenters. The lowest BCUT2D eigenvalue weighted by Crippen LogP contribution is -2.46. The highest BCUT2D eigenvalue weighted by atomic mass is 16.1. The van der Waals surface area contributed by atoms with Crippen LogP contribution in [0.1, 0.15) is 37.8 Å². The van der Waals surface area contributed by atoms with Crippen molar-refractivity contribution in [2.24, 2.45) is 0 Å². The lowest BCUT2D eigenvalue weighted by atomic mass is 10.1. The number of amides is 1. The van der Waals surface area contributed by atoms with Gasteiger partial charge in [-0.05, 0) is 25.5 Å². The van der Waals surface area contributed by atoms with Crippen molar-refractivity contribution < 1.29 is 4.79 Å². The lowest BCUT2D eigenvalue weighted by molar-refractivity contribution is -0.120. The van der Waals surface area contributed by atoms with Gasteiger partial charge in [0, 0.05) is 46.2 Å². The molecule has 1 saturated heterocycles. The van der Waals surface area contributed by atoms with E-state index in [9.17, 15) is 4.79 Å². The van der Waals surface area contributed by atoms with E-state index in [1.165, 1.54) is 11.1 Å². The topological polar surface area (TPSA) is 35.6 Å². The summed E-state index contributed by atoms with van der Waals surface area (Å²) in [6, 6.07) is 8.77. The van der Waals surface area contributed by atoms with Gasteiger partial charge in [-0.2, -0.15) is 0 Å². The van der Waals surface area contributed by atoms with Gasteiger partial charge in [0.05, 0.1) is 0 Å². The van der Waals surface area contributed by atoms with Crippen molar-refractivity contribution in [3.63, 3.8) is 0 Å². The van der Waals surface area contributed by atoms with Crippen LogP contribution in [0.4, 0.5) is 0 Å². The maximum Gasteiger partial charge on any atom is 0.219 e. The second-order valence-electron chi connectivity index (χ2n) is 5.88. The number of benzene rings is 1. The number of nitrogens with one attached hydrogen (secondary N) is 1. The first-order chi connectivity index (χ1) is 11.2. The van der Waals surface area contributed by atoms with Gasteiger partial charge < -0.3 is 10.2 Å². The summed E-state index contributed by atoms with van der Waals surface area (Å²) >= 11 is 0. The molecule has 1 aromatic rings. The molecule has 1 aromatic carbocycles. The molecule has 4 nitrogen and oxygen atoms in total. The standard InChI is InChI=1S/C17H27N3O.C2H6/c1-15-5-3-6-16(13-15)14-20-11-9-19(10-12-20)8-4-7-17(21)18-2;1-2/h3,5-6,13H,4,7-12,14H2,1-2H3,(H,18,21);1-2H3. The first kappa shape index (κ1) is 19.7. The Morgan fingerprint density at radius 3 is 2.39 bits per heavy atom. The minimum absolute atomic E-state index is 0.146. The Morgan fingerprint density at radius 2 is 1.78 bits per heavy atom. The summed E-state index contributed by atoms with van der Waals surface area (Å²) in [5.41, 5.74) is 2.74. The van der Waals surface area contributed by atoms with Crippen molar-refractivity contribution in [3.8, 4) is 0 Å². The van der Waals surface area contributed by atoms with Crippen molar-refractivity contribution in [3.05, 3.63) is 35.4 Å². The summed E-state index contributed by atoms with van der Waals surface area (Å²) in [5, 5.41) is 2.68. The predicted octanol–water partition coefficient (Wildman–Crippen LogP) is 2.67. The number of aryl methyl sites for hydroxylation is 1. The Kier molecular flexibility index (Phi) is 9.57. The lowest BCUT2D eigenvalue weighted by Gasteiger charge is -2.34. The Labute approximate surface area is 141 Å². The van der Waals surface area contributed by atoms with Gasteiger partial charge in [0.1, 0.15) is 0 Å². The minimum Gasteiger partial charge on any atom is -0.359 e. The van der Waals surface area contributed by atoms with E-state index in [0.29, 0.717) is 6.42 Å². The van der Waals surface area contributed by atoms with Crippen LogP contribution >= 0.6 is 0 Å². The highest BCUT2D eigenvalue weighted by Crippen LogP contribution is 2.10. The summed E-state index contributed by atoms with van der Waals surface area (Å²) < 4.78 is 0. The molecule has 130 valence electrons. The molecule has 0 spiro atoms. The largest absolute Gasteiger partial charge is 0.359 e. The molecule has 2 rings (SSSR count). The van der Waals surface area contributed by atoms with E-state index in [-0.39, 0.29) is 5.91 Å². The molecule has 0 unspecified atom stereocenters. The van der Waals surface area contributed by atoms with E-state index in [1.807, 2.05) is 13.8 Å². The molecular formula is C19H33N3O. The highest BCUT2D eigenvalue weighted by molar-refractivity contribution is 5.75. The Bertz CT molecular complexity index is 454. The van der Waals surface area contributed by atoms with Crippen LogP contribution in [0.5, 0.6) is 0 Å². The molecule has 0 radical (unpaired) electrons. The van der Waals surface area contributed by atoms with Crippen LogP contribution in [0.2, 0.25) is 0 Å². The first-order valence-corrected chi connectivity index (χ1v) is 8.88. The summed E-state index contributed by atoms with van der Waals surface area (Å²) in [6.45, 7) is 12.7. The predicted molar refractivity (Wildman–Crippen MR) is 97.5 cm³/mol. The minimum atomic E-state index is 0.146. The molecule has 1 aliphatic rings. The fourth-order valence-corrected chi connectivity index (χ4v) is 2.83. The maximum absolute atomic E-state index is 11.2. The SMILES string of the molecule is CC.CNC(=O)CCCN1CCN(Cc2cccc(C)c2)CC1. The van der Waals surface area contributed by atoms with Gasteiger partial charge in [0.25, 0.3) is 0 Å². The van der Waals surface area contributed by atoms with Gasteiger partial charge in [-0.1, -0.05) is 43.7 Å². The van der Waals surface area contributed by atoms with Crippen LogP contribution in [0.3, 0.4) is 0 Å². The summed E-state index contributed by atoms with van der Waals surface area (Å²) in [4.78, 5) is 16.2. The average Bonchev–Trinajstić information content (AvgIpc) is 2.58. The molecule has 1 fully saturated rings. The third-order valence-corrected chi connectivity index (χ3v) is 4.11. The zero-order chi connectivity index (χ0) is 17.1. The first-order valence-electron chi connectivity index (χ1n) is 8.88. The molecule has 0 bridgehead atoms. The fraction of sp³-hybridized carbons (Fsp3) is 0.632. The van der Waals surface area contributed by atoms with Crippen LogP contribution < -0.4 is 5.32 Å². The summed E-state index contributed by atoms with van der Waals surface area (Å²) in [5.74, 6) is 0.146. The van der Waals surface area contributed by atoms with Crippen molar-refractivity contribution in [1.29, 1.82) is 0 Å². The number of carbonyl (C=O) groups is 1. The quantitative estimate of drug-likeness (QED) is 0.875. The third-order valence-electron chi connectivity index (χ3n) is 4.11. The molecule has 0 aromatic heterocycles. The monoisotopic (exact) mass is 319 g/mol. The summed E-state index contributed by atoms with van der Waals surface area (Å²) in [7, 11) is 1.70. The second kappa shape index (κ2) is 11.2. The van der Waals surface area contributed by atoms with Gasteiger partial charge in [0.2, 0.25) is 5.91 Å². The van der Waals surface area contributed by atoms with Crippen LogP contribution in [0.15, 0.2) is 24.3 Å². The van der Waals surface area contributed by atoms with E-state index in [2.05, 4.69) is 46.3 Å². The van der Waals surface area contributed by atoms with Crippen LogP contribution in [-0.4, -0.2) is 55.5 Å². The molecule has 1 aliphatic heterocycles. The third kappa shape index (κ3) is 7.62. The van der Waals surface area contributed by atoms with Gasteiger partial charge in [-0.25, -0.2) is 0 Å². The molecule has 1 N–H and O–H groups in total. The summed E-state index contributed by atoms with van der Waals surface area (Å²) in [6.07, 6.45) is 1.59. The number of carbonyl (C=O) groups excluding carboxylic acids is 1. The smallest absolute Gasteiger partial charge is 0.219 e. The van der Waals surface area contributed by atoms with Crippen molar-refractivity contribution in [1.82, 2.24) is 15.1 Å². The number of piperazine rings is 1. The Balaban J connectivity index is 0.00000127. The maximum atomic E-state index is 11.2. The Morgan fingerprint density at radius 1 is 1.13 bits per heavy atom. The van der Waals surface area contributed by atoms with Crippen LogP contribution in [0, 0.1) is 6.92 Å². The Hall–Kier alpha value is -1.39. The van der Waals surface area contributed by atoms with E-state index >= 15 is 0 Å². The molecule has 0 aliphatic carbocycles. The normalized spacial score (nSPS) is 15.7. The molecule has 0 saturated carbocycles. The zero-order valence-electron chi connectivity index (χ0n) is 15.3. The molecule has 1 amide bonds. The van der Waals surface area contributed by atoms with Crippen molar-refractivity contribution >= 4 is 5.91 Å². The molecule has 23 heavy (non-hydrogen) atoms. The zero-order valence-corrected chi connectivity index (χ0v) is 15.3. The molecular weight excluding hydrogens is 286 g/mol. The highest BCUT2D eigenvalue weighted by Gasteiger charge is 2.16. The van der Waals surface area contributed by atoms with Crippen molar-refractivity contribution in [2.45, 2.75) is 40.2 Å². The second-order valence-corrected chi connectivity index (χ2v) is 5.88. The van der Waals surface area contributed by atoms with E-state index in [0.717, 1.165) is 45.7 Å².